The van der Waals surface area contributed by atoms with Crippen molar-refractivity contribution in [3.63, 3.8) is 0 Å². The van der Waals surface area contributed by atoms with E-state index < -0.39 is 99.9 Å². The van der Waals surface area contributed by atoms with Crippen molar-refractivity contribution in [3.8, 4) is 0 Å². The van der Waals surface area contributed by atoms with Gasteiger partial charge in [-0.3, -0.25) is 14.4 Å². The summed E-state index contributed by atoms with van der Waals surface area (Å²) in [5.74, 6) is -3.48. The first-order valence-corrected chi connectivity index (χ1v) is 19.9. The fourth-order valence-corrected chi connectivity index (χ4v) is 4.41. The number of cyclic esters (lactones) is 3. The van der Waals surface area contributed by atoms with Crippen LogP contribution >= 0.6 is 0 Å². The fraction of sp³-hybridized carbons (Fsp3) is 0.816. The summed E-state index contributed by atoms with van der Waals surface area (Å²) in [6.45, 7) is -4.72. The van der Waals surface area contributed by atoms with E-state index in [0.29, 0.717) is 51.6 Å². The van der Waals surface area contributed by atoms with Crippen LogP contribution in [-0.2, 0) is 76.2 Å². The third-order valence-corrected chi connectivity index (χ3v) is 8.24. The molecule has 62 heavy (non-hydrogen) atoms. The quantitative estimate of drug-likeness (QED) is 0.0172. The van der Waals surface area contributed by atoms with Crippen LogP contribution in [0.1, 0.15) is 77.0 Å². The standard InChI is InChI=1S/C23H40O14.C6H10O2.C5H12O4.C4H4O4/c24-11-21(30)34-9-5-1-3-7-19(28)36-15-23(13-32-17-26,14-33-18-27)16-37-20(29)8-4-2-6-10-35-22(31)12-25;7-6-4-2-1-3-5-8-6;6-1-5(2-7,3-8)4-9;5-3-1-7-4(6)2-8-3/h24-27H,1-18H2;1-5H2;6-9H,1-4H2;1-2H2. The highest BCUT2D eigenvalue weighted by atomic mass is 16.6. The lowest BCUT2D eigenvalue weighted by atomic mass is 9.92. The Hall–Kier alpha value is -4.11. The predicted molar refractivity (Wildman–Crippen MR) is 206 cm³/mol. The van der Waals surface area contributed by atoms with E-state index in [-0.39, 0.29) is 71.7 Å². The van der Waals surface area contributed by atoms with Gasteiger partial charge in [-0.1, -0.05) is 0 Å². The predicted octanol–water partition coefficient (Wildman–Crippen LogP) is -2.68. The smallest absolute Gasteiger partial charge is 0.344 e. The molecule has 0 spiro atoms. The Morgan fingerprint density at radius 3 is 1.26 bits per heavy atom. The molecule has 24 heteroatoms. The number of esters is 7. The summed E-state index contributed by atoms with van der Waals surface area (Å²) >= 11 is 0. The van der Waals surface area contributed by atoms with Gasteiger partial charge >= 0.3 is 41.8 Å². The summed E-state index contributed by atoms with van der Waals surface area (Å²) in [5, 5.41) is 69.3. The van der Waals surface area contributed by atoms with Gasteiger partial charge < -0.3 is 83.5 Å². The molecule has 0 radical (unpaired) electrons. The number of carbonyl (C=O) groups excluding carboxylic acids is 7. The van der Waals surface area contributed by atoms with E-state index in [1.165, 1.54) is 0 Å². The summed E-state index contributed by atoms with van der Waals surface area (Å²) < 4.78 is 43.5. The van der Waals surface area contributed by atoms with Crippen LogP contribution < -0.4 is 0 Å². The molecule has 2 saturated heterocycles. The van der Waals surface area contributed by atoms with E-state index in [1.807, 2.05) is 0 Å². The van der Waals surface area contributed by atoms with Crippen LogP contribution in [0.25, 0.3) is 0 Å². The lowest BCUT2D eigenvalue weighted by Gasteiger charge is -2.31. The number of rotatable bonds is 28. The van der Waals surface area contributed by atoms with Crippen LogP contribution in [0, 0.1) is 10.8 Å². The van der Waals surface area contributed by atoms with E-state index in [4.69, 9.17) is 74.0 Å². The number of ether oxygens (including phenoxy) is 9. The molecule has 0 saturated carbocycles. The minimum Gasteiger partial charge on any atom is -0.466 e. The van der Waals surface area contributed by atoms with Crippen molar-refractivity contribution in [2.45, 2.75) is 77.0 Å². The monoisotopic (exact) mass is 906 g/mol. The van der Waals surface area contributed by atoms with Gasteiger partial charge in [-0.2, -0.15) is 0 Å². The molecule has 0 aromatic rings. The zero-order chi connectivity index (χ0) is 46.9. The van der Waals surface area contributed by atoms with Gasteiger partial charge in [0.25, 0.3) is 0 Å². The van der Waals surface area contributed by atoms with Crippen molar-refractivity contribution in [2.24, 2.45) is 10.8 Å². The summed E-state index contributed by atoms with van der Waals surface area (Å²) in [6, 6.07) is 0. The molecule has 362 valence electrons. The largest absolute Gasteiger partial charge is 0.466 e. The molecule has 0 aromatic carbocycles. The van der Waals surface area contributed by atoms with Crippen molar-refractivity contribution >= 4 is 41.8 Å². The van der Waals surface area contributed by atoms with Gasteiger partial charge in [0.2, 0.25) is 0 Å². The fourth-order valence-electron chi connectivity index (χ4n) is 4.41. The Morgan fingerprint density at radius 2 is 0.903 bits per heavy atom. The number of hydrogen-bond donors (Lipinski definition) is 8. The molecule has 0 amide bonds. The molecule has 0 unspecified atom stereocenters. The highest BCUT2D eigenvalue weighted by Gasteiger charge is 2.35. The molecule has 2 heterocycles. The Labute approximate surface area is 359 Å². The van der Waals surface area contributed by atoms with E-state index in [1.54, 1.807) is 0 Å². The molecule has 0 bridgehead atoms. The second-order valence-electron chi connectivity index (χ2n) is 13.6. The SMILES string of the molecule is O=C(CO)OCCCCCC(=O)OCC(COCO)(COCO)COC(=O)CCCCCOC(=O)CO.O=C1CCCCCO1.O=C1COC(=O)CO1.OCC(CO)(CO)CO. The van der Waals surface area contributed by atoms with Crippen LogP contribution in [0.4, 0.5) is 0 Å². The first-order valence-electron chi connectivity index (χ1n) is 19.9. The van der Waals surface area contributed by atoms with Gasteiger partial charge in [-0.05, 0) is 57.8 Å². The Morgan fingerprint density at radius 1 is 0.468 bits per heavy atom. The number of unbranched alkanes of at least 4 members (excludes halogenated alkanes) is 4. The normalized spacial score (nSPS) is 13.7. The molecule has 0 atom stereocenters. The van der Waals surface area contributed by atoms with Crippen molar-refractivity contribution < 1.29 is 117 Å². The van der Waals surface area contributed by atoms with Crippen molar-refractivity contribution in [1.82, 2.24) is 0 Å². The summed E-state index contributed by atoms with van der Waals surface area (Å²) in [7, 11) is 0. The molecule has 8 N–H and O–H groups in total. The van der Waals surface area contributed by atoms with E-state index in [2.05, 4.69) is 9.47 Å². The van der Waals surface area contributed by atoms with Gasteiger partial charge in [-0.15, -0.1) is 0 Å². The first kappa shape index (κ1) is 60.0. The molecule has 2 aliphatic rings. The summed E-state index contributed by atoms with van der Waals surface area (Å²) in [5.41, 5.74) is -2.28. The van der Waals surface area contributed by atoms with Gasteiger partial charge in [0.15, 0.2) is 13.2 Å². The molecule has 2 fully saturated rings. The Kier molecular flexibility index (Phi) is 38.4. The summed E-state index contributed by atoms with van der Waals surface area (Å²) in [6.07, 6.45) is 7.13. The lowest BCUT2D eigenvalue weighted by Crippen LogP contribution is -2.43. The van der Waals surface area contributed by atoms with E-state index in [0.717, 1.165) is 19.3 Å². The molecule has 24 nitrogen and oxygen atoms in total. The number of hydrogen-bond acceptors (Lipinski definition) is 24. The Balaban J connectivity index is 0. The van der Waals surface area contributed by atoms with Gasteiger partial charge in [-0.25, -0.2) is 19.2 Å². The maximum absolute atomic E-state index is 12.2. The van der Waals surface area contributed by atoms with Gasteiger partial charge in [0.05, 0.1) is 70.3 Å². The molecule has 0 aromatic heterocycles. The first-order chi connectivity index (χ1) is 29.7. The number of carbonyl (C=O) groups is 7. The van der Waals surface area contributed by atoms with Crippen LogP contribution in [-0.4, -0.2) is 195 Å². The van der Waals surface area contributed by atoms with E-state index in [9.17, 15) is 33.6 Å². The van der Waals surface area contributed by atoms with Crippen molar-refractivity contribution in [2.75, 3.05) is 113 Å². The number of aliphatic hydroxyl groups is 8. The van der Waals surface area contributed by atoms with Crippen molar-refractivity contribution in [3.05, 3.63) is 0 Å². The topological polar surface area (TPSA) is 364 Å². The summed E-state index contributed by atoms with van der Waals surface area (Å²) in [4.78, 5) is 76.7. The zero-order valence-electron chi connectivity index (χ0n) is 35.1. The average Bonchev–Trinajstić information content (AvgIpc) is 3.55. The molecule has 2 aliphatic heterocycles. The van der Waals surface area contributed by atoms with Crippen LogP contribution in [0.5, 0.6) is 0 Å². The highest BCUT2D eigenvalue weighted by Crippen LogP contribution is 2.22. The van der Waals surface area contributed by atoms with Crippen LogP contribution in [0.15, 0.2) is 0 Å². The molecular formula is C38H66O24. The molecular weight excluding hydrogens is 840 g/mol. The minimum absolute atomic E-state index is 0.0255. The lowest BCUT2D eigenvalue weighted by molar-refractivity contribution is -0.174. The second-order valence-corrected chi connectivity index (χ2v) is 13.6. The third-order valence-electron chi connectivity index (χ3n) is 8.24. The average molecular weight is 907 g/mol. The Bertz CT molecular complexity index is 1110. The van der Waals surface area contributed by atoms with Gasteiger partial charge in [0, 0.05) is 19.3 Å². The molecule has 0 aliphatic carbocycles. The van der Waals surface area contributed by atoms with Gasteiger partial charge in [0.1, 0.15) is 40.0 Å². The highest BCUT2D eigenvalue weighted by molar-refractivity contribution is 5.82. The zero-order valence-corrected chi connectivity index (χ0v) is 35.1. The van der Waals surface area contributed by atoms with Crippen LogP contribution in [0.2, 0.25) is 0 Å². The molecule has 2 rings (SSSR count). The minimum atomic E-state index is -1.17. The van der Waals surface area contributed by atoms with E-state index >= 15 is 0 Å². The van der Waals surface area contributed by atoms with Crippen LogP contribution in [0.3, 0.4) is 0 Å². The maximum Gasteiger partial charge on any atom is 0.344 e. The second kappa shape index (κ2) is 39.7. The van der Waals surface area contributed by atoms with Crippen molar-refractivity contribution in [1.29, 1.82) is 0 Å². The third kappa shape index (κ3) is 33.5. The number of aliphatic hydroxyl groups excluding tert-OH is 8. The maximum atomic E-state index is 12.2.